The van der Waals surface area contributed by atoms with E-state index < -0.39 is 0 Å². The highest BCUT2D eigenvalue weighted by Crippen LogP contribution is 1.99. The van der Waals surface area contributed by atoms with Crippen LogP contribution in [0.4, 0.5) is 0 Å². The van der Waals surface area contributed by atoms with Gasteiger partial charge in [-0.3, -0.25) is 0 Å². The van der Waals surface area contributed by atoms with Gasteiger partial charge >= 0.3 is 11.5 Å². The maximum Gasteiger partial charge on any atom is 0.326 e. The highest BCUT2D eigenvalue weighted by atomic mass is 16.3. The monoisotopic (exact) mass is 109 g/mol. The molecule has 0 spiro atoms. The SMILES string of the molecule is Cc1cccc(C)[o+]1. The molecule has 0 bridgehead atoms. The Kier molecular flexibility index (Phi) is 1.29. The van der Waals surface area contributed by atoms with Crippen LogP contribution in [0.2, 0.25) is 0 Å². The highest BCUT2D eigenvalue weighted by Gasteiger charge is 1.98. The smallest absolute Gasteiger partial charge is 0.218 e. The first-order valence-corrected chi connectivity index (χ1v) is 2.65. The molecular weight excluding hydrogens is 100 g/mol. The van der Waals surface area contributed by atoms with E-state index in [1.54, 1.807) is 0 Å². The van der Waals surface area contributed by atoms with Crippen molar-refractivity contribution < 1.29 is 4.42 Å². The predicted octanol–water partition coefficient (Wildman–Crippen LogP) is 2.18. The Morgan fingerprint density at radius 1 is 1.12 bits per heavy atom. The van der Waals surface area contributed by atoms with E-state index in [-0.39, 0.29) is 0 Å². The lowest BCUT2D eigenvalue weighted by molar-refractivity contribution is 0.486. The zero-order chi connectivity index (χ0) is 5.98. The minimum Gasteiger partial charge on any atom is -0.218 e. The van der Waals surface area contributed by atoms with Gasteiger partial charge in [0.25, 0.3) is 0 Å². The van der Waals surface area contributed by atoms with Crippen molar-refractivity contribution in [2.24, 2.45) is 0 Å². The topological polar surface area (TPSA) is 11.3 Å². The van der Waals surface area contributed by atoms with Crippen LogP contribution in [0.3, 0.4) is 0 Å². The molecule has 0 aliphatic carbocycles. The van der Waals surface area contributed by atoms with Gasteiger partial charge in [-0.2, -0.15) is 0 Å². The second kappa shape index (κ2) is 1.95. The van der Waals surface area contributed by atoms with Crippen LogP contribution in [0, 0.1) is 13.8 Å². The first-order chi connectivity index (χ1) is 3.79. The molecule has 8 heavy (non-hydrogen) atoms. The summed E-state index contributed by atoms with van der Waals surface area (Å²) in [5.41, 5.74) is 0. The van der Waals surface area contributed by atoms with Gasteiger partial charge in [0, 0.05) is 12.1 Å². The zero-order valence-electron chi connectivity index (χ0n) is 5.14. The first-order valence-electron chi connectivity index (χ1n) is 2.65. The molecule has 0 N–H and O–H groups in total. The second-order valence-corrected chi connectivity index (χ2v) is 1.85. The van der Waals surface area contributed by atoms with Gasteiger partial charge in [-0.15, -0.1) is 0 Å². The van der Waals surface area contributed by atoms with E-state index in [1.807, 2.05) is 32.0 Å². The number of hydrogen-bond acceptors (Lipinski definition) is 0. The molecular formula is C7H9O+. The summed E-state index contributed by atoms with van der Waals surface area (Å²) in [5.74, 6) is 1.93. The molecule has 0 aliphatic rings. The molecule has 0 unspecified atom stereocenters. The van der Waals surface area contributed by atoms with Crippen molar-refractivity contribution in [3.05, 3.63) is 29.7 Å². The molecule has 0 saturated heterocycles. The quantitative estimate of drug-likeness (QED) is 0.465. The summed E-state index contributed by atoms with van der Waals surface area (Å²) in [4.78, 5) is 0. The lowest BCUT2D eigenvalue weighted by Crippen LogP contribution is -1.71. The van der Waals surface area contributed by atoms with Crippen LogP contribution >= 0.6 is 0 Å². The van der Waals surface area contributed by atoms with E-state index in [0.717, 1.165) is 11.5 Å². The summed E-state index contributed by atoms with van der Waals surface area (Å²) in [5, 5.41) is 0. The van der Waals surface area contributed by atoms with E-state index in [9.17, 15) is 0 Å². The number of rotatable bonds is 0. The summed E-state index contributed by atoms with van der Waals surface area (Å²) >= 11 is 0. The average molecular weight is 109 g/mol. The van der Waals surface area contributed by atoms with Crippen LogP contribution in [0.25, 0.3) is 0 Å². The van der Waals surface area contributed by atoms with E-state index in [4.69, 9.17) is 4.42 Å². The van der Waals surface area contributed by atoms with Crippen LogP contribution in [-0.4, -0.2) is 0 Å². The van der Waals surface area contributed by atoms with Gasteiger partial charge in [-0.1, -0.05) is 0 Å². The van der Waals surface area contributed by atoms with Crippen molar-refractivity contribution in [3.8, 4) is 0 Å². The molecule has 1 rings (SSSR count). The van der Waals surface area contributed by atoms with Crippen molar-refractivity contribution in [2.45, 2.75) is 13.8 Å². The number of aryl methyl sites for hydroxylation is 2. The molecule has 1 aromatic heterocycles. The summed E-state index contributed by atoms with van der Waals surface area (Å²) in [6, 6.07) is 5.86. The molecule has 1 heterocycles. The van der Waals surface area contributed by atoms with Gasteiger partial charge in [-0.25, -0.2) is 4.42 Å². The highest BCUT2D eigenvalue weighted by molar-refractivity contribution is 5.02. The summed E-state index contributed by atoms with van der Waals surface area (Å²) in [6.45, 7) is 3.88. The van der Waals surface area contributed by atoms with Gasteiger partial charge in [0.15, 0.2) is 0 Å². The third-order valence-electron chi connectivity index (χ3n) is 0.984. The van der Waals surface area contributed by atoms with Crippen molar-refractivity contribution >= 4 is 0 Å². The third-order valence-corrected chi connectivity index (χ3v) is 0.984. The first kappa shape index (κ1) is 5.29. The summed E-state index contributed by atoms with van der Waals surface area (Å²) in [6.07, 6.45) is 0. The molecule has 0 saturated carbocycles. The molecule has 1 aromatic rings. The van der Waals surface area contributed by atoms with E-state index >= 15 is 0 Å². The molecule has 0 aromatic carbocycles. The minimum atomic E-state index is 0.963. The molecule has 42 valence electrons. The fourth-order valence-corrected chi connectivity index (χ4v) is 0.641. The lowest BCUT2D eigenvalue weighted by Gasteiger charge is -1.75. The minimum absolute atomic E-state index is 0.963. The average Bonchev–Trinajstić information content (AvgIpc) is 1.64. The maximum atomic E-state index is 5.18. The van der Waals surface area contributed by atoms with Crippen molar-refractivity contribution in [3.63, 3.8) is 0 Å². The predicted molar refractivity (Wildman–Crippen MR) is 32.6 cm³/mol. The fraction of sp³-hybridized carbons (Fsp3) is 0.286. The molecule has 0 atom stereocenters. The van der Waals surface area contributed by atoms with Gasteiger partial charge < -0.3 is 0 Å². The second-order valence-electron chi connectivity index (χ2n) is 1.85. The summed E-state index contributed by atoms with van der Waals surface area (Å²) < 4.78 is 5.18. The van der Waals surface area contributed by atoms with Crippen LogP contribution in [0.1, 0.15) is 11.5 Å². The maximum absolute atomic E-state index is 5.18. The lowest BCUT2D eigenvalue weighted by atomic mass is 10.4. The third kappa shape index (κ3) is 1.06. The van der Waals surface area contributed by atoms with Crippen LogP contribution in [-0.2, 0) is 0 Å². The zero-order valence-corrected chi connectivity index (χ0v) is 5.14. The van der Waals surface area contributed by atoms with Crippen LogP contribution in [0.5, 0.6) is 0 Å². The van der Waals surface area contributed by atoms with Crippen molar-refractivity contribution in [2.75, 3.05) is 0 Å². The molecule has 0 radical (unpaired) electrons. The van der Waals surface area contributed by atoms with Gasteiger partial charge in [0.2, 0.25) is 0 Å². The normalized spacial score (nSPS) is 9.25. The van der Waals surface area contributed by atoms with Crippen molar-refractivity contribution in [1.29, 1.82) is 0 Å². The molecule has 1 nitrogen and oxygen atoms in total. The largest absolute Gasteiger partial charge is 0.326 e. The Hall–Kier alpha value is -0.850. The Labute approximate surface area is 49.0 Å². The number of hydrogen-bond donors (Lipinski definition) is 0. The molecule has 0 aliphatic heterocycles. The Bertz CT molecular complexity index is 164. The Morgan fingerprint density at radius 3 is 1.88 bits per heavy atom. The van der Waals surface area contributed by atoms with E-state index in [2.05, 4.69) is 0 Å². The molecule has 1 heteroatoms. The van der Waals surface area contributed by atoms with E-state index in [0.29, 0.717) is 0 Å². The van der Waals surface area contributed by atoms with Crippen LogP contribution < -0.4 is 0 Å². The van der Waals surface area contributed by atoms with Gasteiger partial charge in [0.1, 0.15) is 0 Å². The Balaban J connectivity index is 3.08. The molecule has 0 amide bonds. The Morgan fingerprint density at radius 2 is 1.62 bits per heavy atom. The van der Waals surface area contributed by atoms with E-state index in [1.165, 1.54) is 0 Å². The van der Waals surface area contributed by atoms with Crippen LogP contribution in [0.15, 0.2) is 22.6 Å². The standard InChI is InChI=1S/C7H9O/c1-6-4-3-5-7(2)8-6/h3-5H,1-2H3/q+1. The summed E-state index contributed by atoms with van der Waals surface area (Å²) in [7, 11) is 0. The molecule has 0 fully saturated rings. The van der Waals surface area contributed by atoms with Gasteiger partial charge in [-0.05, 0) is 6.07 Å². The van der Waals surface area contributed by atoms with Gasteiger partial charge in [0.05, 0.1) is 13.8 Å². The van der Waals surface area contributed by atoms with Crippen molar-refractivity contribution in [1.82, 2.24) is 0 Å². The fourth-order valence-electron chi connectivity index (χ4n) is 0.641.